The van der Waals surface area contributed by atoms with Crippen LogP contribution in [0.4, 0.5) is 5.00 Å². The van der Waals surface area contributed by atoms with Gasteiger partial charge in [0.25, 0.3) is 5.91 Å². The second-order valence-corrected chi connectivity index (χ2v) is 6.51. The Kier molecular flexibility index (Phi) is 4.68. The van der Waals surface area contributed by atoms with Crippen LogP contribution in [0.5, 0.6) is 0 Å². The van der Waals surface area contributed by atoms with Crippen LogP contribution in [0.25, 0.3) is 11.1 Å². The van der Waals surface area contributed by atoms with Gasteiger partial charge in [0.05, 0.1) is 6.20 Å². The van der Waals surface area contributed by atoms with Gasteiger partial charge in [0.2, 0.25) is 0 Å². The lowest BCUT2D eigenvalue weighted by Gasteiger charge is -2.05. The highest BCUT2D eigenvalue weighted by molar-refractivity contribution is 9.10. The van der Waals surface area contributed by atoms with Crippen molar-refractivity contribution >= 4 is 44.1 Å². The molecule has 2 N–H and O–H groups in total. The normalized spacial score (nSPS) is 10.4. The first-order chi connectivity index (χ1) is 11.6. The summed E-state index contributed by atoms with van der Waals surface area (Å²) in [6, 6.07) is 7.28. The third-order valence-electron chi connectivity index (χ3n) is 3.18. The molecule has 2 heterocycles. The Morgan fingerprint density at radius 3 is 2.54 bits per heavy atom. The Balaban J connectivity index is 1.96. The summed E-state index contributed by atoms with van der Waals surface area (Å²) in [6.45, 7) is 0. The predicted octanol–water partition coefficient (Wildman–Crippen LogP) is 3.92. The molecule has 0 saturated carbocycles. The molecule has 0 aliphatic rings. The smallest absolute Gasteiger partial charge is 0.339 e. The summed E-state index contributed by atoms with van der Waals surface area (Å²) < 4.78 is 0.898. The van der Waals surface area contributed by atoms with E-state index in [1.54, 1.807) is 5.38 Å². The van der Waals surface area contributed by atoms with Gasteiger partial charge < -0.3 is 10.4 Å². The molecule has 0 atom stereocenters. The van der Waals surface area contributed by atoms with Gasteiger partial charge in [-0.15, -0.1) is 11.3 Å². The molecule has 0 aliphatic heterocycles. The van der Waals surface area contributed by atoms with Crippen molar-refractivity contribution in [3.05, 3.63) is 64.0 Å². The zero-order valence-corrected chi connectivity index (χ0v) is 14.5. The van der Waals surface area contributed by atoms with Crippen LogP contribution in [0.3, 0.4) is 0 Å². The topological polar surface area (TPSA) is 92.2 Å². The largest absolute Gasteiger partial charge is 0.478 e. The first-order valence-electron chi connectivity index (χ1n) is 6.74. The molecule has 0 unspecified atom stereocenters. The van der Waals surface area contributed by atoms with Gasteiger partial charge in [-0.3, -0.25) is 9.78 Å². The van der Waals surface area contributed by atoms with Crippen LogP contribution in [-0.2, 0) is 0 Å². The van der Waals surface area contributed by atoms with Crippen molar-refractivity contribution in [1.82, 2.24) is 9.97 Å². The SMILES string of the molecule is O=C(Nc1scc(-c2ccc(Br)cc2)c1C(=O)O)c1cnccn1. The lowest BCUT2D eigenvalue weighted by molar-refractivity contribution is 0.0699. The zero-order valence-electron chi connectivity index (χ0n) is 12.1. The van der Waals surface area contributed by atoms with Gasteiger partial charge in [0, 0.05) is 27.8 Å². The van der Waals surface area contributed by atoms with Crippen LogP contribution >= 0.6 is 27.3 Å². The number of thiophene rings is 1. The van der Waals surface area contributed by atoms with Crippen molar-refractivity contribution in [2.24, 2.45) is 0 Å². The number of aromatic nitrogens is 2. The van der Waals surface area contributed by atoms with E-state index < -0.39 is 11.9 Å². The molecule has 120 valence electrons. The molecule has 3 rings (SSSR count). The summed E-state index contributed by atoms with van der Waals surface area (Å²) in [5, 5.41) is 14.1. The first kappa shape index (κ1) is 16.3. The Bertz CT molecular complexity index is 895. The summed E-state index contributed by atoms with van der Waals surface area (Å²) in [4.78, 5) is 31.6. The summed E-state index contributed by atoms with van der Waals surface area (Å²) in [5.74, 6) is -1.61. The Morgan fingerprint density at radius 1 is 1.17 bits per heavy atom. The number of hydrogen-bond donors (Lipinski definition) is 2. The molecule has 8 heteroatoms. The number of amides is 1. The maximum atomic E-state index is 12.2. The summed E-state index contributed by atoms with van der Waals surface area (Å²) in [6.07, 6.45) is 4.17. The quantitative estimate of drug-likeness (QED) is 0.688. The number of aromatic carboxylic acids is 1. The van der Waals surface area contributed by atoms with Gasteiger partial charge in [0.1, 0.15) is 16.3 Å². The molecule has 0 fully saturated rings. The van der Waals surface area contributed by atoms with E-state index in [-0.39, 0.29) is 16.3 Å². The molecule has 24 heavy (non-hydrogen) atoms. The number of carbonyl (C=O) groups excluding carboxylic acids is 1. The molecule has 0 bridgehead atoms. The molecule has 0 saturated heterocycles. The fourth-order valence-corrected chi connectivity index (χ4v) is 3.31. The monoisotopic (exact) mass is 403 g/mol. The van der Waals surface area contributed by atoms with E-state index in [2.05, 4.69) is 31.2 Å². The Hall–Kier alpha value is -2.58. The average Bonchev–Trinajstić information content (AvgIpc) is 3.00. The number of halogens is 1. The van der Waals surface area contributed by atoms with Crippen LogP contribution in [0, 0.1) is 0 Å². The van der Waals surface area contributed by atoms with E-state index in [9.17, 15) is 14.7 Å². The lowest BCUT2D eigenvalue weighted by Crippen LogP contribution is -2.15. The van der Waals surface area contributed by atoms with Crippen molar-refractivity contribution in [2.75, 3.05) is 5.32 Å². The molecule has 6 nitrogen and oxygen atoms in total. The fraction of sp³-hybridized carbons (Fsp3) is 0. The van der Waals surface area contributed by atoms with Crippen molar-refractivity contribution in [2.45, 2.75) is 0 Å². The van der Waals surface area contributed by atoms with E-state index in [1.807, 2.05) is 24.3 Å². The lowest BCUT2D eigenvalue weighted by atomic mass is 10.0. The third-order valence-corrected chi connectivity index (χ3v) is 4.61. The average molecular weight is 404 g/mol. The van der Waals surface area contributed by atoms with Crippen LogP contribution in [-0.4, -0.2) is 27.0 Å². The number of hydrogen-bond acceptors (Lipinski definition) is 5. The minimum atomic E-state index is -1.11. The van der Waals surface area contributed by atoms with Crippen LogP contribution in [0.1, 0.15) is 20.8 Å². The Morgan fingerprint density at radius 2 is 1.92 bits per heavy atom. The van der Waals surface area contributed by atoms with Crippen molar-refractivity contribution in [3.63, 3.8) is 0 Å². The standard InChI is InChI=1S/C16H10BrN3O3S/c17-10-3-1-9(2-4-10)11-8-24-15(13(11)16(22)23)20-14(21)12-7-18-5-6-19-12/h1-8H,(H,20,21)(H,22,23). The second-order valence-electron chi connectivity index (χ2n) is 4.71. The molecule has 3 aromatic rings. The number of carboxylic acid groups (broad SMARTS) is 1. The fourth-order valence-electron chi connectivity index (χ4n) is 2.09. The molecule has 1 aromatic carbocycles. The van der Waals surface area contributed by atoms with Crippen LogP contribution < -0.4 is 5.32 Å². The second kappa shape index (κ2) is 6.90. The van der Waals surface area contributed by atoms with Crippen molar-refractivity contribution in [1.29, 1.82) is 0 Å². The number of anilines is 1. The molecule has 0 spiro atoms. The maximum absolute atomic E-state index is 12.2. The van der Waals surface area contributed by atoms with Gasteiger partial charge >= 0.3 is 5.97 Å². The molecule has 2 aromatic heterocycles. The first-order valence-corrected chi connectivity index (χ1v) is 8.41. The Labute approximate surface area is 149 Å². The zero-order chi connectivity index (χ0) is 17.1. The highest BCUT2D eigenvalue weighted by Crippen LogP contribution is 2.36. The molecular weight excluding hydrogens is 394 g/mol. The van der Waals surface area contributed by atoms with E-state index in [4.69, 9.17) is 0 Å². The number of carboxylic acids is 1. The number of carbonyl (C=O) groups is 2. The molecule has 0 radical (unpaired) electrons. The number of nitrogens with zero attached hydrogens (tertiary/aromatic N) is 2. The van der Waals surface area contributed by atoms with Crippen molar-refractivity contribution < 1.29 is 14.7 Å². The van der Waals surface area contributed by atoms with E-state index in [1.165, 1.54) is 18.6 Å². The third kappa shape index (κ3) is 3.34. The van der Waals surface area contributed by atoms with Crippen molar-refractivity contribution in [3.8, 4) is 11.1 Å². The van der Waals surface area contributed by atoms with Gasteiger partial charge in [-0.2, -0.15) is 0 Å². The summed E-state index contributed by atoms with van der Waals surface area (Å²) >= 11 is 4.50. The predicted molar refractivity (Wildman–Crippen MR) is 94.4 cm³/mol. The maximum Gasteiger partial charge on any atom is 0.339 e. The summed E-state index contributed by atoms with van der Waals surface area (Å²) in [5.41, 5.74) is 1.48. The van der Waals surface area contributed by atoms with Crippen LogP contribution in [0.2, 0.25) is 0 Å². The van der Waals surface area contributed by atoms with Gasteiger partial charge in [0.15, 0.2) is 0 Å². The van der Waals surface area contributed by atoms with Gasteiger partial charge in [-0.05, 0) is 17.7 Å². The van der Waals surface area contributed by atoms with E-state index in [0.29, 0.717) is 5.56 Å². The highest BCUT2D eigenvalue weighted by atomic mass is 79.9. The molecule has 1 amide bonds. The van der Waals surface area contributed by atoms with Gasteiger partial charge in [-0.25, -0.2) is 9.78 Å². The minimum Gasteiger partial charge on any atom is -0.478 e. The van der Waals surface area contributed by atoms with Crippen LogP contribution in [0.15, 0.2) is 52.7 Å². The van der Waals surface area contributed by atoms with Gasteiger partial charge in [-0.1, -0.05) is 28.1 Å². The minimum absolute atomic E-state index is 0.0552. The number of rotatable bonds is 4. The molecule has 0 aliphatic carbocycles. The highest BCUT2D eigenvalue weighted by Gasteiger charge is 2.21. The summed E-state index contributed by atoms with van der Waals surface area (Å²) in [7, 11) is 0. The molecular formula is C16H10BrN3O3S. The number of nitrogens with one attached hydrogen (secondary N) is 1. The van der Waals surface area contributed by atoms with E-state index >= 15 is 0 Å². The number of benzene rings is 1. The van der Waals surface area contributed by atoms with E-state index in [0.717, 1.165) is 21.4 Å².